The third kappa shape index (κ3) is 2.77. The zero-order valence-corrected chi connectivity index (χ0v) is 10.1. The first kappa shape index (κ1) is 11.9. The Balaban J connectivity index is 2.06. The maximum Gasteiger partial charge on any atom is 0.239 e. The SMILES string of the molecule is COc1cccc(CN2CCCC(N)C2=O)c1. The second-order valence-corrected chi connectivity index (χ2v) is 4.36. The van der Waals surface area contributed by atoms with Crippen molar-refractivity contribution in [2.75, 3.05) is 13.7 Å². The highest BCUT2D eigenvalue weighted by Crippen LogP contribution is 2.17. The minimum absolute atomic E-state index is 0.0547. The average molecular weight is 234 g/mol. The molecule has 1 heterocycles. The van der Waals surface area contributed by atoms with Crippen molar-refractivity contribution in [3.63, 3.8) is 0 Å². The molecule has 1 aliphatic heterocycles. The molecule has 2 N–H and O–H groups in total. The van der Waals surface area contributed by atoms with Crippen molar-refractivity contribution in [3.8, 4) is 5.75 Å². The summed E-state index contributed by atoms with van der Waals surface area (Å²) in [5.41, 5.74) is 6.84. The summed E-state index contributed by atoms with van der Waals surface area (Å²) in [5.74, 6) is 0.871. The molecular formula is C13H18N2O2. The summed E-state index contributed by atoms with van der Waals surface area (Å²) in [7, 11) is 1.64. The van der Waals surface area contributed by atoms with Crippen LogP contribution in [0.15, 0.2) is 24.3 Å². The van der Waals surface area contributed by atoms with E-state index in [9.17, 15) is 4.79 Å². The van der Waals surface area contributed by atoms with Crippen LogP contribution in [-0.2, 0) is 11.3 Å². The van der Waals surface area contributed by atoms with Crippen LogP contribution in [0.1, 0.15) is 18.4 Å². The van der Waals surface area contributed by atoms with E-state index in [4.69, 9.17) is 10.5 Å². The summed E-state index contributed by atoms with van der Waals surface area (Å²) in [6.07, 6.45) is 1.78. The first-order valence-electron chi connectivity index (χ1n) is 5.88. The molecule has 1 aliphatic rings. The summed E-state index contributed by atoms with van der Waals surface area (Å²) in [6, 6.07) is 7.45. The van der Waals surface area contributed by atoms with Gasteiger partial charge in [0.05, 0.1) is 13.2 Å². The molecule has 1 atom stereocenters. The van der Waals surface area contributed by atoms with Gasteiger partial charge in [0.2, 0.25) is 5.91 Å². The Morgan fingerprint density at radius 1 is 1.53 bits per heavy atom. The van der Waals surface area contributed by atoms with Gasteiger partial charge in [-0.15, -0.1) is 0 Å². The third-order valence-electron chi connectivity index (χ3n) is 3.08. The molecular weight excluding hydrogens is 216 g/mol. The molecule has 1 aromatic carbocycles. The van der Waals surface area contributed by atoms with E-state index in [2.05, 4.69) is 0 Å². The number of piperidine rings is 1. The monoisotopic (exact) mass is 234 g/mol. The van der Waals surface area contributed by atoms with Gasteiger partial charge in [-0.2, -0.15) is 0 Å². The largest absolute Gasteiger partial charge is 0.497 e. The molecule has 1 saturated heterocycles. The fourth-order valence-corrected chi connectivity index (χ4v) is 2.12. The molecule has 0 radical (unpaired) electrons. The molecule has 17 heavy (non-hydrogen) atoms. The standard InChI is InChI=1S/C13H18N2O2/c1-17-11-5-2-4-10(8-11)9-15-7-3-6-12(14)13(15)16/h2,4-5,8,12H,3,6-7,9,14H2,1H3. The molecule has 0 spiro atoms. The first-order valence-corrected chi connectivity index (χ1v) is 5.88. The third-order valence-corrected chi connectivity index (χ3v) is 3.08. The van der Waals surface area contributed by atoms with Crippen molar-refractivity contribution in [1.82, 2.24) is 4.90 Å². The zero-order valence-electron chi connectivity index (χ0n) is 10.1. The smallest absolute Gasteiger partial charge is 0.239 e. The van der Waals surface area contributed by atoms with E-state index in [-0.39, 0.29) is 11.9 Å². The topological polar surface area (TPSA) is 55.6 Å². The Hall–Kier alpha value is -1.55. The highest BCUT2D eigenvalue weighted by Gasteiger charge is 2.25. The number of rotatable bonds is 3. The van der Waals surface area contributed by atoms with Crippen molar-refractivity contribution < 1.29 is 9.53 Å². The predicted octanol–water partition coefficient (Wildman–Crippen LogP) is 1.14. The Bertz CT molecular complexity index is 406. The van der Waals surface area contributed by atoms with Crippen LogP contribution in [0.2, 0.25) is 0 Å². The average Bonchev–Trinajstić information content (AvgIpc) is 2.35. The number of hydrogen-bond acceptors (Lipinski definition) is 3. The highest BCUT2D eigenvalue weighted by atomic mass is 16.5. The van der Waals surface area contributed by atoms with Crippen LogP contribution < -0.4 is 10.5 Å². The van der Waals surface area contributed by atoms with Gasteiger partial charge >= 0.3 is 0 Å². The van der Waals surface area contributed by atoms with Crippen molar-refractivity contribution in [1.29, 1.82) is 0 Å². The van der Waals surface area contributed by atoms with Crippen LogP contribution in [0, 0.1) is 0 Å². The molecule has 0 aromatic heterocycles. The predicted molar refractivity (Wildman–Crippen MR) is 65.6 cm³/mol. The number of hydrogen-bond donors (Lipinski definition) is 1. The van der Waals surface area contributed by atoms with Crippen LogP contribution in [0.3, 0.4) is 0 Å². The number of ether oxygens (including phenoxy) is 1. The summed E-state index contributed by atoms with van der Waals surface area (Å²) in [4.78, 5) is 13.7. The molecule has 2 rings (SSSR count). The van der Waals surface area contributed by atoms with Gasteiger partial charge in [0.15, 0.2) is 0 Å². The second kappa shape index (κ2) is 5.19. The first-order chi connectivity index (χ1) is 8.20. The van der Waals surface area contributed by atoms with E-state index in [0.29, 0.717) is 6.54 Å². The number of benzene rings is 1. The van der Waals surface area contributed by atoms with Gasteiger partial charge < -0.3 is 15.4 Å². The lowest BCUT2D eigenvalue weighted by Gasteiger charge is -2.30. The van der Waals surface area contributed by atoms with Gasteiger partial charge in [-0.05, 0) is 30.5 Å². The van der Waals surface area contributed by atoms with Crippen LogP contribution >= 0.6 is 0 Å². The van der Waals surface area contributed by atoms with Gasteiger partial charge in [0.25, 0.3) is 0 Å². The van der Waals surface area contributed by atoms with E-state index in [1.807, 2.05) is 29.2 Å². The van der Waals surface area contributed by atoms with Crippen molar-refractivity contribution in [2.45, 2.75) is 25.4 Å². The molecule has 1 fully saturated rings. The van der Waals surface area contributed by atoms with Gasteiger partial charge in [-0.3, -0.25) is 4.79 Å². The number of nitrogens with two attached hydrogens (primary N) is 1. The maximum absolute atomic E-state index is 11.9. The van der Waals surface area contributed by atoms with Crippen molar-refractivity contribution in [2.24, 2.45) is 5.73 Å². The summed E-state index contributed by atoms with van der Waals surface area (Å²) in [6.45, 7) is 1.41. The van der Waals surface area contributed by atoms with E-state index < -0.39 is 0 Å². The summed E-state index contributed by atoms with van der Waals surface area (Å²) in [5, 5.41) is 0. The molecule has 0 aliphatic carbocycles. The van der Waals surface area contributed by atoms with Crippen molar-refractivity contribution >= 4 is 5.91 Å². The fourth-order valence-electron chi connectivity index (χ4n) is 2.12. The highest BCUT2D eigenvalue weighted by molar-refractivity contribution is 5.82. The van der Waals surface area contributed by atoms with E-state index in [1.54, 1.807) is 7.11 Å². The number of carbonyl (C=O) groups is 1. The minimum Gasteiger partial charge on any atom is -0.497 e. The Morgan fingerprint density at radius 3 is 3.12 bits per heavy atom. The number of methoxy groups -OCH3 is 1. The molecule has 1 aromatic rings. The summed E-state index contributed by atoms with van der Waals surface area (Å²) >= 11 is 0. The van der Waals surface area contributed by atoms with Gasteiger partial charge in [0.1, 0.15) is 5.75 Å². The van der Waals surface area contributed by atoms with Gasteiger partial charge in [0, 0.05) is 13.1 Å². The number of nitrogens with zero attached hydrogens (tertiary/aromatic N) is 1. The second-order valence-electron chi connectivity index (χ2n) is 4.36. The van der Waals surface area contributed by atoms with Crippen LogP contribution in [0.5, 0.6) is 5.75 Å². The lowest BCUT2D eigenvalue weighted by molar-refractivity contribution is -0.135. The number of carbonyl (C=O) groups excluding carboxylic acids is 1. The molecule has 1 unspecified atom stereocenters. The molecule has 0 bridgehead atoms. The molecule has 0 saturated carbocycles. The molecule has 4 heteroatoms. The minimum atomic E-state index is -0.325. The Kier molecular flexibility index (Phi) is 3.64. The lowest BCUT2D eigenvalue weighted by Crippen LogP contribution is -2.47. The Morgan fingerprint density at radius 2 is 2.35 bits per heavy atom. The molecule has 1 amide bonds. The maximum atomic E-state index is 11.9. The van der Waals surface area contributed by atoms with E-state index in [0.717, 1.165) is 30.7 Å². The van der Waals surface area contributed by atoms with Crippen molar-refractivity contribution in [3.05, 3.63) is 29.8 Å². The normalized spacial score (nSPS) is 20.5. The molecule has 4 nitrogen and oxygen atoms in total. The van der Waals surface area contributed by atoms with Gasteiger partial charge in [-0.25, -0.2) is 0 Å². The van der Waals surface area contributed by atoms with Crippen LogP contribution in [-0.4, -0.2) is 30.5 Å². The number of likely N-dealkylation sites (tertiary alicyclic amines) is 1. The lowest BCUT2D eigenvalue weighted by atomic mass is 10.0. The fraction of sp³-hybridized carbons (Fsp3) is 0.462. The Labute approximate surface area is 101 Å². The van der Waals surface area contributed by atoms with Crippen LogP contribution in [0.25, 0.3) is 0 Å². The summed E-state index contributed by atoms with van der Waals surface area (Å²) < 4.78 is 5.16. The molecule has 92 valence electrons. The zero-order chi connectivity index (χ0) is 12.3. The van der Waals surface area contributed by atoms with E-state index >= 15 is 0 Å². The number of amides is 1. The van der Waals surface area contributed by atoms with E-state index in [1.165, 1.54) is 0 Å². The quantitative estimate of drug-likeness (QED) is 0.853. The van der Waals surface area contributed by atoms with Gasteiger partial charge in [-0.1, -0.05) is 12.1 Å². The van der Waals surface area contributed by atoms with Crippen LogP contribution in [0.4, 0.5) is 0 Å².